The summed E-state index contributed by atoms with van der Waals surface area (Å²) in [5.41, 5.74) is 9.08. The highest BCUT2D eigenvalue weighted by Gasteiger charge is 2.17. The van der Waals surface area contributed by atoms with Gasteiger partial charge in [0.05, 0.1) is 17.1 Å². The molecule has 0 fully saturated rings. The smallest absolute Gasteiger partial charge is 0.155 e. The summed E-state index contributed by atoms with van der Waals surface area (Å²) >= 11 is 1.87. The van der Waals surface area contributed by atoms with Crippen molar-refractivity contribution in [3.8, 4) is 16.8 Å². The third kappa shape index (κ3) is 5.50. The molecule has 0 aliphatic heterocycles. The molecule has 0 N–H and O–H groups in total. The standard InChI is InChI=1S/C46H33N3S/c1-31(33-15-7-3-8-16-33)48-46(47-30-32-13-5-2-6-14-32)35-21-24-37(25-22-35)49-42-26-23-36(34-17-9-4-10-18-34)27-39(42)40-29-45-41(28-43(40)49)38-19-11-12-20-44(38)50-45/h2-31H,1H3/b47-30+,48-46-/t31-/m0/s1. The maximum absolute atomic E-state index is 5.13. The van der Waals surface area contributed by atoms with Crippen molar-refractivity contribution in [1.29, 1.82) is 0 Å². The largest absolute Gasteiger partial charge is 0.309 e. The Labute approximate surface area is 295 Å². The number of nitrogens with zero attached hydrogens (tertiary/aromatic N) is 3. The van der Waals surface area contributed by atoms with Crippen LogP contribution in [-0.4, -0.2) is 16.6 Å². The predicted molar refractivity (Wildman–Crippen MR) is 215 cm³/mol. The molecule has 1 atom stereocenters. The third-order valence-corrected chi connectivity index (χ3v) is 10.6. The number of amidine groups is 1. The quantitative estimate of drug-likeness (QED) is 0.126. The molecule has 9 rings (SSSR count). The average molecular weight is 660 g/mol. The van der Waals surface area contributed by atoms with Gasteiger partial charge in [-0.2, -0.15) is 0 Å². The first-order valence-corrected chi connectivity index (χ1v) is 17.8. The van der Waals surface area contributed by atoms with Crippen LogP contribution < -0.4 is 0 Å². The first-order chi connectivity index (χ1) is 24.7. The van der Waals surface area contributed by atoms with Crippen LogP contribution in [0, 0.1) is 0 Å². The van der Waals surface area contributed by atoms with Gasteiger partial charge < -0.3 is 4.57 Å². The second-order valence-electron chi connectivity index (χ2n) is 12.7. The van der Waals surface area contributed by atoms with E-state index in [-0.39, 0.29) is 6.04 Å². The van der Waals surface area contributed by atoms with Gasteiger partial charge in [0.2, 0.25) is 0 Å². The second-order valence-corrected chi connectivity index (χ2v) is 13.7. The highest BCUT2D eigenvalue weighted by molar-refractivity contribution is 7.25. The maximum Gasteiger partial charge on any atom is 0.155 e. The Morgan fingerprint density at radius 3 is 2.02 bits per heavy atom. The van der Waals surface area contributed by atoms with Crippen LogP contribution in [-0.2, 0) is 0 Å². The Morgan fingerprint density at radius 2 is 1.24 bits per heavy atom. The van der Waals surface area contributed by atoms with E-state index in [1.807, 2.05) is 41.8 Å². The van der Waals surface area contributed by atoms with Gasteiger partial charge in [-0.15, -0.1) is 11.3 Å². The minimum Gasteiger partial charge on any atom is -0.309 e. The van der Waals surface area contributed by atoms with Crippen molar-refractivity contribution in [2.24, 2.45) is 9.98 Å². The molecule has 50 heavy (non-hydrogen) atoms. The molecule has 0 saturated carbocycles. The minimum absolute atomic E-state index is 0.0437. The molecule has 3 nitrogen and oxygen atoms in total. The van der Waals surface area contributed by atoms with E-state index in [0.29, 0.717) is 5.84 Å². The van der Waals surface area contributed by atoms with Crippen LogP contribution in [0.4, 0.5) is 0 Å². The Hall–Kier alpha value is -6.10. The number of fused-ring (bicyclic) bond motifs is 6. The fourth-order valence-corrected chi connectivity index (χ4v) is 8.06. The van der Waals surface area contributed by atoms with Gasteiger partial charge in [-0.25, -0.2) is 4.99 Å². The number of rotatable bonds is 6. The highest BCUT2D eigenvalue weighted by atomic mass is 32.1. The van der Waals surface area contributed by atoms with Gasteiger partial charge in [0, 0.05) is 48.4 Å². The lowest BCUT2D eigenvalue weighted by molar-refractivity contribution is 0.819. The molecule has 0 saturated heterocycles. The van der Waals surface area contributed by atoms with Gasteiger partial charge in [-0.1, -0.05) is 115 Å². The van der Waals surface area contributed by atoms with E-state index >= 15 is 0 Å². The topological polar surface area (TPSA) is 29.6 Å². The third-order valence-electron chi connectivity index (χ3n) is 9.49. The monoisotopic (exact) mass is 659 g/mol. The summed E-state index contributed by atoms with van der Waals surface area (Å²) in [5, 5.41) is 5.10. The molecule has 0 bridgehead atoms. The summed E-state index contributed by atoms with van der Waals surface area (Å²) in [6.45, 7) is 2.12. The van der Waals surface area contributed by atoms with Crippen molar-refractivity contribution < 1.29 is 0 Å². The van der Waals surface area contributed by atoms with Crippen molar-refractivity contribution in [3.63, 3.8) is 0 Å². The molecule has 7 aromatic carbocycles. The van der Waals surface area contributed by atoms with Crippen molar-refractivity contribution in [2.45, 2.75) is 13.0 Å². The van der Waals surface area contributed by atoms with Crippen LogP contribution >= 0.6 is 11.3 Å². The molecular formula is C46H33N3S. The van der Waals surface area contributed by atoms with Gasteiger partial charge in [0.25, 0.3) is 0 Å². The van der Waals surface area contributed by atoms with Crippen LogP contribution in [0.3, 0.4) is 0 Å². The maximum atomic E-state index is 5.13. The molecule has 0 aliphatic carbocycles. The lowest BCUT2D eigenvalue weighted by Crippen LogP contribution is -2.03. The lowest BCUT2D eigenvalue weighted by Gasteiger charge is -2.12. The number of aromatic nitrogens is 1. The fourth-order valence-electron chi connectivity index (χ4n) is 6.93. The Kier molecular flexibility index (Phi) is 7.64. The van der Waals surface area contributed by atoms with Crippen molar-refractivity contribution in [2.75, 3.05) is 0 Å². The molecule has 0 unspecified atom stereocenters. The van der Waals surface area contributed by atoms with Crippen LogP contribution in [0.5, 0.6) is 0 Å². The lowest BCUT2D eigenvalue weighted by atomic mass is 10.0. The van der Waals surface area contributed by atoms with E-state index in [0.717, 1.165) is 22.4 Å². The number of hydrogen-bond donors (Lipinski definition) is 0. The van der Waals surface area contributed by atoms with Crippen LogP contribution in [0.25, 0.3) is 58.8 Å². The molecule has 238 valence electrons. The molecule has 0 spiro atoms. The Balaban J connectivity index is 1.20. The van der Waals surface area contributed by atoms with E-state index in [1.54, 1.807) is 0 Å². The molecule has 2 heterocycles. The average Bonchev–Trinajstić information content (AvgIpc) is 3.71. The first-order valence-electron chi connectivity index (χ1n) is 17.0. The highest BCUT2D eigenvalue weighted by Crippen LogP contribution is 2.41. The fraction of sp³-hybridized carbons (Fsp3) is 0.0435. The van der Waals surface area contributed by atoms with E-state index in [9.17, 15) is 0 Å². The summed E-state index contributed by atoms with van der Waals surface area (Å²) in [7, 11) is 0. The summed E-state index contributed by atoms with van der Waals surface area (Å²) in [6.07, 6.45) is 1.90. The number of hydrogen-bond acceptors (Lipinski definition) is 2. The van der Waals surface area contributed by atoms with E-state index in [2.05, 4.69) is 157 Å². The summed E-state index contributed by atoms with van der Waals surface area (Å²) in [4.78, 5) is 10.1. The SMILES string of the molecule is C[C@H](/N=C(\N=C\c1ccccc1)c1ccc(-n2c3ccc(-c4ccccc4)cc3c3cc4sc5ccccc5c4cc32)cc1)c1ccccc1. The molecular weight excluding hydrogens is 627 g/mol. The van der Waals surface area contributed by atoms with Crippen molar-refractivity contribution >= 4 is 65.4 Å². The predicted octanol–water partition coefficient (Wildman–Crippen LogP) is 12.4. The zero-order valence-electron chi connectivity index (χ0n) is 27.6. The van der Waals surface area contributed by atoms with Crippen LogP contribution in [0.1, 0.15) is 29.7 Å². The zero-order chi connectivity index (χ0) is 33.4. The molecule has 0 aliphatic rings. The van der Waals surface area contributed by atoms with E-state index < -0.39 is 0 Å². The molecule has 9 aromatic rings. The Morgan fingerprint density at radius 1 is 0.560 bits per heavy atom. The van der Waals surface area contributed by atoms with Gasteiger partial charge >= 0.3 is 0 Å². The van der Waals surface area contributed by atoms with E-state index in [1.165, 1.54) is 53.1 Å². The summed E-state index contributed by atoms with van der Waals surface area (Å²) in [5.74, 6) is 0.706. The van der Waals surface area contributed by atoms with Gasteiger partial charge in [0.1, 0.15) is 0 Å². The number of thiophene rings is 1. The van der Waals surface area contributed by atoms with E-state index in [4.69, 9.17) is 9.98 Å². The van der Waals surface area contributed by atoms with Crippen LogP contribution in [0.15, 0.2) is 180 Å². The van der Waals surface area contributed by atoms with Gasteiger partial charge in [-0.05, 0) is 83.8 Å². The van der Waals surface area contributed by atoms with Crippen LogP contribution in [0.2, 0.25) is 0 Å². The van der Waals surface area contributed by atoms with Gasteiger partial charge in [0.15, 0.2) is 5.84 Å². The minimum atomic E-state index is -0.0437. The second kappa shape index (κ2) is 12.7. The Bertz CT molecular complexity index is 2690. The summed E-state index contributed by atoms with van der Waals surface area (Å²) < 4.78 is 5.03. The summed E-state index contributed by atoms with van der Waals surface area (Å²) in [6, 6.07) is 60.3. The van der Waals surface area contributed by atoms with Gasteiger partial charge in [-0.3, -0.25) is 4.99 Å². The molecule has 4 heteroatoms. The molecule has 0 amide bonds. The normalized spacial score (nSPS) is 12.9. The molecule has 2 aromatic heterocycles. The number of benzene rings is 7. The van der Waals surface area contributed by atoms with Crippen molar-refractivity contribution in [1.82, 2.24) is 4.57 Å². The zero-order valence-corrected chi connectivity index (χ0v) is 28.4. The number of aliphatic imine (C=N–C) groups is 2. The first kappa shape index (κ1) is 30.0. The molecule has 0 radical (unpaired) electrons. The van der Waals surface area contributed by atoms with Crippen molar-refractivity contribution in [3.05, 3.63) is 187 Å².